The molecule has 0 heterocycles. The molecule has 3 heteroatoms. The summed E-state index contributed by atoms with van der Waals surface area (Å²) in [5.41, 5.74) is 0.626. The minimum absolute atomic E-state index is 0.219. The van der Waals surface area contributed by atoms with Crippen molar-refractivity contribution in [3.05, 3.63) is 28.0 Å². The smallest absolute Gasteiger partial charge is 0.131 e. The Morgan fingerprint density at radius 1 is 1.50 bits per heavy atom. The summed E-state index contributed by atoms with van der Waals surface area (Å²) in [4.78, 5) is 0. The summed E-state index contributed by atoms with van der Waals surface area (Å²) in [5.74, 6) is 0.383. The molecule has 0 saturated carbocycles. The highest BCUT2D eigenvalue weighted by atomic mass is 79.9. The lowest BCUT2D eigenvalue weighted by atomic mass is 10.1. The van der Waals surface area contributed by atoms with E-state index in [0.29, 0.717) is 22.2 Å². The van der Waals surface area contributed by atoms with Gasteiger partial charge >= 0.3 is 0 Å². The fourth-order valence-electron chi connectivity index (χ4n) is 1.11. The highest BCUT2D eigenvalue weighted by Crippen LogP contribution is 2.26. The number of hydrogen-bond donors (Lipinski definition) is 0. The summed E-state index contributed by atoms with van der Waals surface area (Å²) in [6.07, 6.45) is 0.641. The fourth-order valence-corrected chi connectivity index (χ4v) is 1.51. The molecule has 0 aliphatic carbocycles. The third-order valence-corrected chi connectivity index (χ3v) is 2.15. The number of rotatable bonds is 2. The molecule has 0 N–H and O–H groups in total. The number of ether oxygens (including phenoxy) is 1. The first-order chi connectivity index (χ1) is 5.69. The van der Waals surface area contributed by atoms with E-state index in [0.717, 1.165) is 0 Å². The highest BCUT2D eigenvalue weighted by molar-refractivity contribution is 9.10. The first kappa shape index (κ1) is 9.52. The van der Waals surface area contributed by atoms with Crippen molar-refractivity contribution < 1.29 is 9.13 Å². The second-order valence-electron chi connectivity index (χ2n) is 2.42. The summed E-state index contributed by atoms with van der Waals surface area (Å²) in [6.45, 7) is 1.90. The van der Waals surface area contributed by atoms with Crippen LogP contribution in [0.15, 0.2) is 16.6 Å². The van der Waals surface area contributed by atoms with Crippen LogP contribution >= 0.6 is 15.9 Å². The summed E-state index contributed by atoms with van der Waals surface area (Å²) >= 11 is 3.20. The van der Waals surface area contributed by atoms with E-state index in [1.165, 1.54) is 6.07 Å². The van der Waals surface area contributed by atoms with E-state index in [9.17, 15) is 4.39 Å². The largest absolute Gasteiger partial charge is 0.496 e. The molecule has 0 aromatic heterocycles. The topological polar surface area (TPSA) is 9.23 Å². The molecule has 1 aromatic rings. The average molecular weight is 233 g/mol. The molecule has 0 radical (unpaired) electrons. The fraction of sp³-hybridized carbons (Fsp3) is 0.333. The lowest BCUT2D eigenvalue weighted by Crippen LogP contribution is -1.94. The van der Waals surface area contributed by atoms with Crippen LogP contribution in [0.4, 0.5) is 4.39 Å². The van der Waals surface area contributed by atoms with Gasteiger partial charge < -0.3 is 4.74 Å². The molecule has 0 saturated heterocycles. The van der Waals surface area contributed by atoms with Crippen LogP contribution in [0.5, 0.6) is 5.75 Å². The molecule has 0 bridgehead atoms. The molecule has 12 heavy (non-hydrogen) atoms. The van der Waals surface area contributed by atoms with Gasteiger partial charge in [0.1, 0.15) is 11.6 Å². The first-order valence-electron chi connectivity index (χ1n) is 3.71. The van der Waals surface area contributed by atoms with Crippen LogP contribution in [-0.2, 0) is 6.42 Å². The van der Waals surface area contributed by atoms with Crippen molar-refractivity contribution in [2.24, 2.45) is 0 Å². The minimum atomic E-state index is -0.219. The van der Waals surface area contributed by atoms with Gasteiger partial charge in [0.2, 0.25) is 0 Å². The number of halogens is 2. The van der Waals surface area contributed by atoms with E-state index in [4.69, 9.17) is 4.74 Å². The van der Waals surface area contributed by atoms with Crippen molar-refractivity contribution in [3.8, 4) is 5.75 Å². The van der Waals surface area contributed by atoms with E-state index in [2.05, 4.69) is 15.9 Å². The third-order valence-electron chi connectivity index (χ3n) is 1.69. The third kappa shape index (κ3) is 1.78. The predicted molar refractivity (Wildman–Crippen MR) is 50.0 cm³/mol. The second-order valence-corrected chi connectivity index (χ2v) is 3.34. The monoisotopic (exact) mass is 232 g/mol. The normalized spacial score (nSPS) is 10.0. The zero-order valence-corrected chi connectivity index (χ0v) is 8.61. The van der Waals surface area contributed by atoms with Crippen molar-refractivity contribution in [1.29, 1.82) is 0 Å². The van der Waals surface area contributed by atoms with Crippen LogP contribution < -0.4 is 4.74 Å². The van der Waals surface area contributed by atoms with Crippen molar-refractivity contribution in [2.45, 2.75) is 13.3 Å². The van der Waals surface area contributed by atoms with Crippen LogP contribution in [0.2, 0.25) is 0 Å². The summed E-state index contributed by atoms with van der Waals surface area (Å²) < 4.78 is 18.9. The summed E-state index contributed by atoms with van der Waals surface area (Å²) in [6, 6.07) is 3.21. The van der Waals surface area contributed by atoms with Gasteiger partial charge in [-0.15, -0.1) is 0 Å². The second kappa shape index (κ2) is 3.90. The number of methoxy groups -OCH3 is 1. The maximum absolute atomic E-state index is 13.2. The zero-order chi connectivity index (χ0) is 9.14. The van der Waals surface area contributed by atoms with Gasteiger partial charge in [-0.3, -0.25) is 0 Å². The maximum atomic E-state index is 13.2. The van der Waals surface area contributed by atoms with Crippen molar-refractivity contribution in [2.75, 3.05) is 7.11 Å². The van der Waals surface area contributed by atoms with Crippen LogP contribution in [0, 0.1) is 5.82 Å². The van der Waals surface area contributed by atoms with E-state index < -0.39 is 0 Å². The van der Waals surface area contributed by atoms with E-state index in [1.54, 1.807) is 13.2 Å². The molecule has 0 fully saturated rings. The lowest BCUT2D eigenvalue weighted by Gasteiger charge is -2.07. The van der Waals surface area contributed by atoms with Gasteiger partial charge in [0, 0.05) is 10.0 Å². The standard InChI is InChI=1S/C9H10BrFO/c1-3-7-8(11)4-6(10)5-9(7)12-2/h4-5H,3H2,1-2H3. The van der Waals surface area contributed by atoms with Crippen molar-refractivity contribution in [1.82, 2.24) is 0 Å². The van der Waals surface area contributed by atoms with Gasteiger partial charge in [0.15, 0.2) is 0 Å². The minimum Gasteiger partial charge on any atom is -0.496 e. The maximum Gasteiger partial charge on any atom is 0.131 e. The van der Waals surface area contributed by atoms with Crippen LogP contribution in [0.3, 0.4) is 0 Å². The number of hydrogen-bond acceptors (Lipinski definition) is 1. The molecule has 1 nitrogen and oxygen atoms in total. The van der Waals surface area contributed by atoms with Gasteiger partial charge in [-0.25, -0.2) is 4.39 Å². The Labute approximate surface area is 79.7 Å². The Kier molecular flexibility index (Phi) is 3.09. The molecular formula is C9H10BrFO. The van der Waals surface area contributed by atoms with Crippen molar-refractivity contribution in [3.63, 3.8) is 0 Å². The Hall–Kier alpha value is -0.570. The molecule has 1 rings (SSSR count). The quantitative estimate of drug-likeness (QED) is 0.762. The number of benzene rings is 1. The highest BCUT2D eigenvalue weighted by Gasteiger charge is 2.08. The Morgan fingerprint density at radius 3 is 2.67 bits per heavy atom. The van der Waals surface area contributed by atoms with Crippen LogP contribution in [0.25, 0.3) is 0 Å². The zero-order valence-electron chi connectivity index (χ0n) is 7.03. The molecule has 66 valence electrons. The van der Waals surface area contributed by atoms with Gasteiger partial charge in [-0.2, -0.15) is 0 Å². The molecule has 0 aliphatic rings. The van der Waals surface area contributed by atoms with Crippen molar-refractivity contribution >= 4 is 15.9 Å². The SMILES string of the molecule is CCc1c(F)cc(Br)cc1OC. The molecule has 0 atom stereocenters. The Morgan fingerprint density at radius 2 is 2.17 bits per heavy atom. The van der Waals surface area contributed by atoms with Crippen LogP contribution in [-0.4, -0.2) is 7.11 Å². The van der Waals surface area contributed by atoms with Gasteiger partial charge in [0.05, 0.1) is 7.11 Å². The molecule has 1 aromatic carbocycles. The molecule has 0 amide bonds. The first-order valence-corrected chi connectivity index (χ1v) is 4.50. The Balaban J connectivity index is 3.24. The Bertz CT molecular complexity index is 286. The molecule has 0 spiro atoms. The van der Waals surface area contributed by atoms with E-state index in [-0.39, 0.29) is 5.82 Å². The summed E-state index contributed by atoms with van der Waals surface area (Å²) in [7, 11) is 1.54. The molecule has 0 aliphatic heterocycles. The predicted octanol–water partition coefficient (Wildman–Crippen LogP) is 3.16. The molecular weight excluding hydrogens is 223 g/mol. The van der Waals surface area contributed by atoms with Crippen LogP contribution in [0.1, 0.15) is 12.5 Å². The lowest BCUT2D eigenvalue weighted by molar-refractivity contribution is 0.404. The molecule has 0 unspecified atom stereocenters. The van der Waals surface area contributed by atoms with Gasteiger partial charge in [-0.1, -0.05) is 22.9 Å². The van der Waals surface area contributed by atoms with E-state index in [1.807, 2.05) is 6.92 Å². The average Bonchev–Trinajstić information content (AvgIpc) is 2.03. The van der Waals surface area contributed by atoms with Gasteiger partial charge in [0.25, 0.3) is 0 Å². The van der Waals surface area contributed by atoms with Gasteiger partial charge in [-0.05, 0) is 18.6 Å². The summed E-state index contributed by atoms with van der Waals surface area (Å²) in [5, 5.41) is 0. The van der Waals surface area contributed by atoms with E-state index >= 15 is 0 Å².